The number of likely N-dealkylation sites (tertiary alicyclic amines) is 1. The van der Waals surface area contributed by atoms with Gasteiger partial charge in [-0.25, -0.2) is 9.97 Å². The van der Waals surface area contributed by atoms with Crippen molar-refractivity contribution in [3.8, 4) is 11.5 Å². The molecule has 5 heterocycles. The Morgan fingerprint density at radius 2 is 1.40 bits per heavy atom. The highest BCUT2D eigenvalue weighted by Gasteiger charge is 2.45. The fourth-order valence-electron chi connectivity index (χ4n) is 9.92. The van der Waals surface area contributed by atoms with Gasteiger partial charge in [0, 0.05) is 68.5 Å². The van der Waals surface area contributed by atoms with Crippen molar-refractivity contribution in [2.45, 2.75) is 109 Å². The number of carbonyl (C=O) groups excluding carboxylic acids is 4. The topological polar surface area (TPSA) is 156 Å². The summed E-state index contributed by atoms with van der Waals surface area (Å²) in [6.45, 7) is 12.1. The Hall–Kier alpha value is -5.86. The summed E-state index contributed by atoms with van der Waals surface area (Å²) in [5.41, 5.74) is 4.82. The molecule has 356 valence electrons. The summed E-state index contributed by atoms with van der Waals surface area (Å²) in [6.07, 6.45) is 13.1. The van der Waals surface area contributed by atoms with Crippen LogP contribution in [-0.4, -0.2) is 109 Å². The van der Waals surface area contributed by atoms with Crippen molar-refractivity contribution in [3.05, 3.63) is 107 Å². The van der Waals surface area contributed by atoms with E-state index >= 15 is 0 Å². The van der Waals surface area contributed by atoms with Crippen LogP contribution in [0.1, 0.15) is 128 Å². The zero-order valence-electron chi connectivity index (χ0n) is 39.5. The van der Waals surface area contributed by atoms with Crippen molar-refractivity contribution in [1.29, 1.82) is 0 Å². The second kappa shape index (κ2) is 21.8. The third kappa shape index (κ3) is 11.8. The second-order valence-electron chi connectivity index (χ2n) is 19.4. The molecule has 67 heavy (non-hydrogen) atoms. The zero-order valence-corrected chi connectivity index (χ0v) is 39.5. The molecule has 1 spiro atoms. The number of anilines is 2. The van der Waals surface area contributed by atoms with Crippen molar-refractivity contribution in [2.75, 3.05) is 69.8 Å². The molecule has 14 heteroatoms. The number of imide groups is 2. The van der Waals surface area contributed by atoms with E-state index in [-0.39, 0.29) is 29.4 Å². The molecule has 2 unspecified atom stereocenters. The highest BCUT2D eigenvalue weighted by molar-refractivity contribution is 6.23. The molecule has 0 radical (unpaired) electrons. The fourth-order valence-corrected chi connectivity index (χ4v) is 9.92. The maximum absolute atomic E-state index is 13.1. The van der Waals surface area contributed by atoms with E-state index in [1.165, 1.54) is 43.4 Å². The summed E-state index contributed by atoms with van der Waals surface area (Å²) in [7, 11) is 2.22. The molecule has 4 amide bonds. The lowest BCUT2D eigenvalue weighted by Crippen LogP contribution is -2.54. The molecule has 14 nitrogen and oxygen atoms in total. The molecule has 1 aromatic heterocycles. The number of benzene rings is 3. The number of rotatable bonds is 23. The summed E-state index contributed by atoms with van der Waals surface area (Å²) in [4.78, 5) is 65.1. The number of unbranched alkanes of at least 4 members (excludes halogenated alkanes) is 6. The Balaban J connectivity index is 0.642. The Morgan fingerprint density at radius 1 is 0.746 bits per heavy atom. The number of ether oxygens (including phenoxy) is 3. The van der Waals surface area contributed by atoms with Crippen LogP contribution >= 0.6 is 0 Å². The maximum atomic E-state index is 13.1. The van der Waals surface area contributed by atoms with E-state index in [2.05, 4.69) is 94.8 Å². The molecule has 4 aliphatic rings. The highest BCUT2D eigenvalue weighted by Crippen LogP contribution is 2.40. The Kier molecular flexibility index (Phi) is 15.5. The first-order valence-electron chi connectivity index (χ1n) is 24.4. The normalized spacial score (nSPS) is 19.7. The molecule has 3 fully saturated rings. The summed E-state index contributed by atoms with van der Waals surface area (Å²) >= 11 is 0. The minimum absolute atomic E-state index is 0.0949. The third-order valence-electron chi connectivity index (χ3n) is 14.0. The molecule has 2 N–H and O–H groups in total. The molecule has 3 saturated heterocycles. The SMILES string of the molecule is CN1CCC2(CCN(c3nccc(COc4ccc(C(C)(C)c5ccc(OCCCCCCCCOCCCCNc6ccc7c(c6)C(=O)N(C6CCC(=O)NC6=O)C7=O)cc5)cc4)n3)C2)C1. The quantitative estimate of drug-likeness (QED) is 0.0548. The average Bonchev–Trinajstić information content (AvgIpc) is 4.00. The number of amides is 4. The number of hydrogen-bond donors (Lipinski definition) is 2. The number of aromatic nitrogens is 2. The van der Waals surface area contributed by atoms with Crippen molar-refractivity contribution < 1.29 is 33.4 Å². The number of nitrogens with one attached hydrogen (secondary N) is 2. The second-order valence-corrected chi connectivity index (χ2v) is 19.4. The molecule has 4 aromatic rings. The summed E-state index contributed by atoms with van der Waals surface area (Å²) in [5, 5.41) is 5.54. The Bertz CT molecular complexity index is 2360. The lowest BCUT2D eigenvalue weighted by Gasteiger charge is -2.27. The first-order valence-corrected chi connectivity index (χ1v) is 24.4. The molecule has 0 aliphatic carbocycles. The van der Waals surface area contributed by atoms with Crippen LogP contribution < -0.4 is 25.0 Å². The monoisotopic (exact) mass is 914 g/mol. The molecule has 0 bridgehead atoms. The molecule has 8 rings (SSSR count). The van der Waals surface area contributed by atoms with Crippen molar-refractivity contribution in [1.82, 2.24) is 25.1 Å². The van der Waals surface area contributed by atoms with Gasteiger partial charge in [0.1, 0.15) is 24.1 Å². The molecular weight excluding hydrogens is 847 g/mol. The summed E-state index contributed by atoms with van der Waals surface area (Å²) in [6, 6.07) is 23.0. The number of carbonyl (C=O) groups is 4. The van der Waals surface area contributed by atoms with Crippen LogP contribution in [0.15, 0.2) is 79.0 Å². The van der Waals surface area contributed by atoms with Gasteiger partial charge < -0.3 is 29.3 Å². The Morgan fingerprint density at radius 3 is 2.10 bits per heavy atom. The van der Waals surface area contributed by atoms with Gasteiger partial charge in [0.25, 0.3) is 11.8 Å². The van der Waals surface area contributed by atoms with E-state index in [1.54, 1.807) is 18.2 Å². The maximum Gasteiger partial charge on any atom is 0.262 e. The van der Waals surface area contributed by atoms with Crippen molar-refractivity contribution >= 4 is 35.3 Å². The average molecular weight is 914 g/mol. The van der Waals surface area contributed by atoms with Gasteiger partial charge in [-0.15, -0.1) is 0 Å². The van der Waals surface area contributed by atoms with Crippen molar-refractivity contribution in [2.24, 2.45) is 5.41 Å². The van der Waals surface area contributed by atoms with Crippen LogP contribution in [0.3, 0.4) is 0 Å². The van der Waals surface area contributed by atoms with E-state index in [1.807, 2.05) is 12.3 Å². The highest BCUT2D eigenvalue weighted by atomic mass is 16.5. The summed E-state index contributed by atoms with van der Waals surface area (Å²) in [5.74, 6) is 0.529. The van der Waals surface area contributed by atoms with E-state index in [4.69, 9.17) is 19.2 Å². The molecule has 4 aliphatic heterocycles. The van der Waals surface area contributed by atoms with Gasteiger partial charge in [-0.2, -0.15) is 0 Å². The standard InChI is InChI=1S/C53H67N7O7/c1-52(2,39-14-19-43(20-15-39)67-35-41-24-28-55-51(56-41)59-30-26-53(37-59)25-29-58(3)36-53)38-12-17-42(18-13-38)66-33-10-7-5-4-6-9-31-65-32-11-8-27-54-40-16-21-44-45(34-40)50(64)60(49(44)63)46-22-23-47(61)57-48(46)62/h12-21,24,28,34,46,54H,4-11,22-23,25-27,29-33,35-37H2,1-3H3,(H,57,61,62). The van der Waals surface area contributed by atoms with Gasteiger partial charge in [-0.3, -0.25) is 29.4 Å². The van der Waals surface area contributed by atoms with Gasteiger partial charge in [0.15, 0.2) is 0 Å². The lowest BCUT2D eigenvalue weighted by atomic mass is 9.78. The first-order chi connectivity index (χ1) is 32.5. The number of hydrogen-bond acceptors (Lipinski definition) is 12. The molecule has 2 atom stereocenters. The summed E-state index contributed by atoms with van der Waals surface area (Å²) < 4.78 is 18.1. The fraction of sp³-hybridized carbons (Fsp3) is 0.509. The minimum atomic E-state index is -0.966. The van der Waals surface area contributed by atoms with Gasteiger partial charge in [0.2, 0.25) is 17.8 Å². The third-order valence-corrected chi connectivity index (χ3v) is 14.0. The van der Waals surface area contributed by atoms with Gasteiger partial charge >= 0.3 is 0 Å². The van der Waals surface area contributed by atoms with Crippen molar-refractivity contribution in [3.63, 3.8) is 0 Å². The largest absolute Gasteiger partial charge is 0.494 e. The number of fused-ring (bicyclic) bond motifs is 1. The van der Waals surface area contributed by atoms with Gasteiger partial charge in [0.05, 0.1) is 23.4 Å². The number of nitrogens with zero attached hydrogens (tertiary/aromatic N) is 5. The molecule has 0 saturated carbocycles. The predicted octanol–water partition coefficient (Wildman–Crippen LogP) is 7.94. The van der Waals surface area contributed by atoms with E-state index in [0.29, 0.717) is 31.8 Å². The smallest absolute Gasteiger partial charge is 0.262 e. The zero-order chi connectivity index (χ0) is 46.8. The van der Waals surface area contributed by atoms with Crippen LogP contribution in [0.5, 0.6) is 11.5 Å². The van der Waals surface area contributed by atoms with Crippen LogP contribution in [0.4, 0.5) is 11.6 Å². The van der Waals surface area contributed by atoms with E-state index in [9.17, 15) is 19.2 Å². The lowest BCUT2D eigenvalue weighted by molar-refractivity contribution is -0.136. The Labute approximate surface area is 395 Å². The van der Waals surface area contributed by atoms with E-state index in [0.717, 1.165) is 98.5 Å². The minimum Gasteiger partial charge on any atom is -0.494 e. The van der Waals surface area contributed by atoms with Gasteiger partial charge in [-0.05, 0) is 118 Å². The first kappa shape index (κ1) is 47.6. The van der Waals surface area contributed by atoms with Crippen LogP contribution in [0, 0.1) is 5.41 Å². The predicted molar refractivity (Wildman–Crippen MR) is 258 cm³/mol. The van der Waals surface area contributed by atoms with Crippen LogP contribution in [-0.2, 0) is 26.3 Å². The molecule has 3 aromatic carbocycles. The molecular formula is C53H67N7O7. The van der Waals surface area contributed by atoms with Gasteiger partial charge in [-0.1, -0.05) is 63.8 Å². The van der Waals surface area contributed by atoms with Crippen LogP contribution in [0.25, 0.3) is 0 Å². The number of piperidine rings is 1. The van der Waals surface area contributed by atoms with E-state index < -0.39 is 29.7 Å². The van der Waals surface area contributed by atoms with Crippen LogP contribution in [0.2, 0.25) is 0 Å².